The van der Waals surface area contributed by atoms with Gasteiger partial charge in [-0.15, -0.1) is 0 Å². The molecular weight excluding hydrogens is 342 g/mol. The molecule has 1 aromatic carbocycles. The summed E-state index contributed by atoms with van der Waals surface area (Å²) >= 11 is 0. The number of rotatable bonds is 8. The zero-order valence-corrected chi connectivity index (χ0v) is 16.1. The molecule has 3 rings (SSSR count). The van der Waals surface area contributed by atoms with Gasteiger partial charge in [0.05, 0.1) is 5.92 Å². The number of likely N-dealkylation sites (tertiary alicyclic amines) is 1. The van der Waals surface area contributed by atoms with E-state index >= 15 is 0 Å². The zero-order valence-electron chi connectivity index (χ0n) is 16.1. The molecule has 27 heavy (non-hydrogen) atoms. The molecule has 2 aliphatic rings. The minimum absolute atomic E-state index is 0.000977. The summed E-state index contributed by atoms with van der Waals surface area (Å²) in [5, 5.41) is 2.93. The van der Waals surface area contributed by atoms with E-state index in [1.54, 1.807) is 4.90 Å². The number of benzene rings is 1. The Hall–Kier alpha value is -2.37. The van der Waals surface area contributed by atoms with Crippen LogP contribution in [0.3, 0.4) is 0 Å². The second-order valence-corrected chi connectivity index (χ2v) is 7.45. The van der Waals surface area contributed by atoms with Crippen LogP contribution in [0.25, 0.3) is 0 Å². The number of carbonyl (C=O) groups is 3. The second kappa shape index (κ2) is 9.02. The summed E-state index contributed by atoms with van der Waals surface area (Å²) in [5.41, 5.74) is 2.13. The average molecular weight is 371 g/mol. The van der Waals surface area contributed by atoms with Crippen molar-refractivity contribution in [3.05, 3.63) is 29.8 Å². The molecule has 0 aromatic heterocycles. The molecule has 2 saturated heterocycles. The topological polar surface area (TPSA) is 69.7 Å². The zero-order chi connectivity index (χ0) is 19.2. The van der Waals surface area contributed by atoms with Crippen molar-refractivity contribution >= 4 is 23.4 Å². The molecule has 0 radical (unpaired) electrons. The van der Waals surface area contributed by atoms with Gasteiger partial charge in [-0.25, -0.2) is 0 Å². The predicted octanol–water partition coefficient (Wildman–Crippen LogP) is 2.12. The van der Waals surface area contributed by atoms with Crippen LogP contribution < -0.4 is 10.2 Å². The molecule has 1 atom stereocenters. The standard InChI is InChI=1S/C21H29N3O3/c1-2-5-16-7-9-18(10-8-16)24-15-17(14-20(24)26)21(27)22-11-4-13-23-12-3-6-19(23)25/h7-10,17H,2-6,11-15H2,1H3,(H,22,27). The molecule has 1 N–H and O–H groups in total. The van der Waals surface area contributed by atoms with Gasteiger partial charge in [0.1, 0.15) is 0 Å². The molecule has 0 bridgehead atoms. The Bertz CT molecular complexity index is 686. The number of aryl methyl sites for hydroxylation is 1. The van der Waals surface area contributed by atoms with Crippen LogP contribution in [0.4, 0.5) is 5.69 Å². The van der Waals surface area contributed by atoms with E-state index in [-0.39, 0.29) is 30.1 Å². The molecular formula is C21H29N3O3. The van der Waals surface area contributed by atoms with E-state index in [0.717, 1.165) is 37.9 Å². The lowest BCUT2D eigenvalue weighted by atomic mass is 10.1. The monoisotopic (exact) mass is 371 g/mol. The van der Waals surface area contributed by atoms with E-state index in [4.69, 9.17) is 0 Å². The van der Waals surface area contributed by atoms with E-state index in [1.165, 1.54) is 5.56 Å². The molecule has 0 aliphatic carbocycles. The Morgan fingerprint density at radius 3 is 2.63 bits per heavy atom. The summed E-state index contributed by atoms with van der Waals surface area (Å²) in [7, 11) is 0. The van der Waals surface area contributed by atoms with Crippen LogP contribution in [0.2, 0.25) is 0 Å². The highest BCUT2D eigenvalue weighted by molar-refractivity contribution is 6.00. The van der Waals surface area contributed by atoms with Crippen LogP contribution in [0.5, 0.6) is 0 Å². The van der Waals surface area contributed by atoms with E-state index in [9.17, 15) is 14.4 Å². The minimum atomic E-state index is -0.304. The molecule has 6 heteroatoms. The number of carbonyl (C=O) groups excluding carboxylic acids is 3. The molecule has 2 heterocycles. The van der Waals surface area contributed by atoms with Gasteiger partial charge < -0.3 is 15.1 Å². The van der Waals surface area contributed by atoms with Crippen LogP contribution in [0, 0.1) is 5.92 Å². The quantitative estimate of drug-likeness (QED) is 0.712. The SMILES string of the molecule is CCCc1ccc(N2CC(C(=O)NCCCN3CCCC3=O)CC2=O)cc1. The minimum Gasteiger partial charge on any atom is -0.356 e. The van der Waals surface area contributed by atoms with Crippen molar-refractivity contribution in [2.45, 2.75) is 45.4 Å². The smallest absolute Gasteiger partial charge is 0.227 e. The second-order valence-electron chi connectivity index (χ2n) is 7.45. The van der Waals surface area contributed by atoms with Crippen LogP contribution in [0.1, 0.15) is 44.6 Å². The Morgan fingerprint density at radius 1 is 1.19 bits per heavy atom. The number of anilines is 1. The normalized spacial score (nSPS) is 19.8. The van der Waals surface area contributed by atoms with Crippen molar-refractivity contribution in [1.29, 1.82) is 0 Å². The fourth-order valence-corrected chi connectivity index (χ4v) is 3.83. The molecule has 1 unspecified atom stereocenters. The van der Waals surface area contributed by atoms with E-state index in [1.807, 2.05) is 17.0 Å². The maximum Gasteiger partial charge on any atom is 0.227 e. The van der Waals surface area contributed by atoms with Crippen LogP contribution >= 0.6 is 0 Å². The van der Waals surface area contributed by atoms with Crippen LogP contribution in [-0.4, -0.2) is 48.8 Å². The van der Waals surface area contributed by atoms with Gasteiger partial charge in [0.2, 0.25) is 17.7 Å². The Morgan fingerprint density at radius 2 is 1.96 bits per heavy atom. The lowest BCUT2D eigenvalue weighted by molar-refractivity contribution is -0.127. The molecule has 146 valence electrons. The first-order valence-electron chi connectivity index (χ1n) is 10.0. The molecule has 3 amide bonds. The number of amides is 3. The molecule has 0 saturated carbocycles. The highest BCUT2D eigenvalue weighted by Crippen LogP contribution is 2.25. The summed E-state index contributed by atoms with van der Waals surface area (Å²) in [6.45, 7) is 4.64. The predicted molar refractivity (Wildman–Crippen MR) is 104 cm³/mol. The first-order chi connectivity index (χ1) is 13.1. The summed E-state index contributed by atoms with van der Waals surface area (Å²) in [4.78, 5) is 39.9. The number of nitrogens with one attached hydrogen (secondary N) is 1. The van der Waals surface area contributed by atoms with E-state index in [2.05, 4.69) is 24.4 Å². The molecule has 0 spiro atoms. The maximum absolute atomic E-state index is 12.4. The third-order valence-electron chi connectivity index (χ3n) is 5.36. The average Bonchev–Trinajstić information content (AvgIpc) is 3.25. The van der Waals surface area contributed by atoms with Crippen molar-refractivity contribution in [2.75, 3.05) is 31.1 Å². The highest BCUT2D eigenvalue weighted by atomic mass is 16.2. The van der Waals surface area contributed by atoms with Gasteiger partial charge in [0.25, 0.3) is 0 Å². The van der Waals surface area contributed by atoms with Gasteiger partial charge in [-0.2, -0.15) is 0 Å². The van der Waals surface area contributed by atoms with Crippen LogP contribution in [-0.2, 0) is 20.8 Å². The molecule has 2 fully saturated rings. The Labute approximate surface area is 160 Å². The Kier molecular flexibility index (Phi) is 6.48. The van der Waals surface area contributed by atoms with Crippen LogP contribution in [0.15, 0.2) is 24.3 Å². The van der Waals surface area contributed by atoms with Crippen molar-refractivity contribution < 1.29 is 14.4 Å². The summed E-state index contributed by atoms with van der Waals surface area (Å²) in [5.74, 6) is -0.160. The maximum atomic E-state index is 12.4. The third kappa shape index (κ3) is 4.87. The van der Waals surface area contributed by atoms with Gasteiger partial charge in [0, 0.05) is 44.7 Å². The van der Waals surface area contributed by atoms with Gasteiger partial charge in [-0.3, -0.25) is 14.4 Å². The summed E-state index contributed by atoms with van der Waals surface area (Å²) in [6, 6.07) is 8.05. The third-order valence-corrected chi connectivity index (χ3v) is 5.36. The van der Waals surface area contributed by atoms with Gasteiger partial charge in [0.15, 0.2) is 0 Å². The number of hydrogen-bond donors (Lipinski definition) is 1. The largest absolute Gasteiger partial charge is 0.356 e. The first kappa shape index (κ1) is 19.4. The molecule has 6 nitrogen and oxygen atoms in total. The fraction of sp³-hybridized carbons (Fsp3) is 0.571. The highest BCUT2D eigenvalue weighted by Gasteiger charge is 2.34. The number of hydrogen-bond acceptors (Lipinski definition) is 3. The summed E-state index contributed by atoms with van der Waals surface area (Å²) < 4.78 is 0. The fourth-order valence-electron chi connectivity index (χ4n) is 3.83. The molecule has 2 aliphatic heterocycles. The lowest BCUT2D eigenvalue weighted by Gasteiger charge is -2.18. The van der Waals surface area contributed by atoms with Gasteiger partial charge >= 0.3 is 0 Å². The first-order valence-corrected chi connectivity index (χ1v) is 10.0. The lowest BCUT2D eigenvalue weighted by Crippen LogP contribution is -2.35. The number of nitrogens with zero attached hydrogens (tertiary/aromatic N) is 2. The molecule has 1 aromatic rings. The van der Waals surface area contributed by atoms with E-state index in [0.29, 0.717) is 26.1 Å². The Balaban J connectivity index is 1.44. The summed E-state index contributed by atoms with van der Waals surface area (Å²) in [6.07, 6.45) is 4.71. The van der Waals surface area contributed by atoms with Crippen molar-refractivity contribution in [1.82, 2.24) is 10.2 Å². The van der Waals surface area contributed by atoms with Gasteiger partial charge in [-0.1, -0.05) is 25.5 Å². The van der Waals surface area contributed by atoms with Crippen molar-refractivity contribution in [2.24, 2.45) is 5.92 Å². The van der Waals surface area contributed by atoms with Gasteiger partial charge in [-0.05, 0) is 37.0 Å². The van der Waals surface area contributed by atoms with E-state index < -0.39 is 0 Å². The van der Waals surface area contributed by atoms with Crippen molar-refractivity contribution in [3.8, 4) is 0 Å². The van der Waals surface area contributed by atoms with Crippen molar-refractivity contribution in [3.63, 3.8) is 0 Å².